The van der Waals surface area contributed by atoms with Gasteiger partial charge in [0.05, 0.1) is 0 Å². The van der Waals surface area contributed by atoms with E-state index in [-0.39, 0.29) is 5.91 Å². The normalized spacial score (nSPS) is 19.8. The highest BCUT2D eigenvalue weighted by atomic mass is 35.5. The number of halogens is 1. The smallest absolute Gasteiger partial charge is 0.216 e. The minimum absolute atomic E-state index is 0.0632. The first-order valence-corrected chi connectivity index (χ1v) is 7.76. The fourth-order valence-electron chi connectivity index (χ4n) is 2.77. The molecule has 3 nitrogen and oxygen atoms in total. The van der Waals surface area contributed by atoms with Gasteiger partial charge in [0.1, 0.15) is 0 Å². The Hall–Kier alpha value is -1.06. The highest BCUT2D eigenvalue weighted by Gasteiger charge is 2.21. The monoisotopic (exact) mass is 294 g/mol. The van der Waals surface area contributed by atoms with Crippen LogP contribution in [0.15, 0.2) is 24.3 Å². The Balaban J connectivity index is 1.84. The zero-order chi connectivity index (χ0) is 14.4. The number of benzene rings is 1. The summed E-state index contributed by atoms with van der Waals surface area (Å²) in [7, 11) is 0. The van der Waals surface area contributed by atoms with E-state index in [1.165, 1.54) is 24.8 Å². The molecule has 1 aromatic rings. The number of carbonyl (C=O) groups excluding carboxylic acids is 1. The van der Waals surface area contributed by atoms with Gasteiger partial charge < -0.3 is 5.32 Å². The lowest BCUT2D eigenvalue weighted by Gasteiger charge is -2.35. The number of amides is 1. The Morgan fingerprint density at radius 2 is 2.10 bits per heavy atom. The van der Waals surface area contributed by atoms with E-state index in [4.69, 9.17) is 11.6 Å². The predicted octanol–water partition coefficient (Wildman–Crippen LogP) is 2.87. The highest BCUT2D eigenvalue weighted by molar-refractivity contribution is 6.30. The van der Waals surface area contributed by atoms with Gasteiger partial charge in [-0.25, -0.2) is 0 Å². The maximum atomic E-state index is 11.1. The van der Waals surface area contributed by atoms with Crippen molar-refractivity contribution in [2.75, 3.05) is 19.6 Å². The van der Waals surface area contributed by atoms with Crippen LogP contribution in [-0.2, 0) is 11.2 Å². The molecule has 20 heavy (non-hydrogen) atoms. The van der Waals surface area contributed by atoms with Crippen molar-refractivity contribution in [3.8, 4) is 0 Å². The average molecular weight is 295 g/mol. The lowest BCUT2D eigenvalue weighted by Crippen LogP contribution is -2.47. The number of likely N-dealkylation sites (tertiary alicyclic amines) is 1. The maximum absolute atomic E-state index is 11.1. The van der Waals surface area contributed by atoms with E-state index in [1.54, 1.807) is 6.92 Å². The largest absolute Gasteiger partial charge is 0.355 e. The van der Waals surface area contributed by atoms with Crippen LogP contribution in [0, 0.1) is 0 Å². The topological polar surface area (TPSA) is 32.3 Å². The standard InChI is InChI=1S/C16H23ClN2O/c1-13(20)18-12-16-4-2-3-10-19(16)11-9-14-5-7-15(17)8-6-14/h5-8,16H,2-4,9-12H2,1H3,(H,18,20). The number of carbonyl (C=O) groups is 1. The van der Waals surface area contributed by atoms with E-state index < -0.39 is 0 Å². The fourth-order valence-corrected chi connectivity index (χ4v) is 2.90. The SMILES string of the molecule is CC(=O)NCC1CCCCN1CCc1ccc(Cl)cc1. The minimum atomic E-state index is 0.0632. The van der Waals surface area contributed by atoms with Crippen molar-refractivity contribution in [1.29, 1.82) is 0 Å². The van der Waals surface area contributed by atoms with Crippen molar-refractivity contribution >= 4 is 17.5 Å². The summed E-state index contributed by atoms with van der Waals surface area (Å²) < 4.78 is 0. The molecule has 0 saturated carbocycles. The Kier molecular flexibility index (Phi) is 5.86. The predicted molar refractivity (Wildman–Crippen MR) is 83.1 cm³/mol. The molecule has 1 amide bonds. The van der Waals surface area contributed by atoms with Gasteiger partial charge in [0.2, 0.25) is 5.91 Å². The van der Waals surface area contributed by atoms with Gasteiger partial charge in [0, 0.05) is 31.1 Å². The van der Waals surface area contributed by atoms with E-state index >= 15 is 0 Å². The third kappa shape index (κ3) is 4.80. The first kappa shape index (κ1) is 15.3. The van der Waals surface area contributed by atoms with Gasteiger partial charge in [0.15, 0.2) is 0 Å². The minimum Gasteiger partial charge on any atom is -0.355 e. The van der Waals surface area contributed by atoms with Crippen LogP contribution < -0.4 is 5.32 Å². The lowest BCUT2D eigenvalue weighted by molar-refractivity contribution is -0.119. The number of nitrogens with zero attached hydrogens (tertiary/aromatic N) is 1. The number of rotatable bonds is 5. The summed E-state index contributed by atoms with van der Waals surface area (Å²) in [6.45, 7) is 4.54. The van der Waals surface area contributed by atoms with Crippen LogP contribution in [0.2, 0.25) is 5.02 Å². The van der Waals surface area contributed by atoms with E-state index in [2.05, 4.69) is 22.3 Å². The molecule has 1 unspecified atom stereocenters. The van der Waals surface area contributed by atoms with Crippen molar-refractivity contribution in [1.82, 2.24) is 10.2 Å². The van der Waals surface area contributed by atoms with Crippen molar-refractivity contribution < 1.29 is 4.79 Å². The first-order valence-electron chi connectivity index (χ1n) is 7.38. The van der Waals surface area contributed by atoms with Crippen LogP contribution in [0.5, 0.6) is 0 Å². The summed E-state index contributed by atoms with van der Waals surface area (Å²) in [5, 5.41) is 3.74. The van der Waals surface area contributed by atoms with Gasteiger partial charge in [-0.3, -0.25) is 9.69 Å². The Labute approximate surface area is 126 Å². The molecule has 1 aliphatic heterocycles. The van der Waals surface area contributed by atoms with Gasteiger partial charge in [0.25, 0.3) is 0 Å². The molecule has 110 valence electrons. The summed E-state index contributed by atoms with van der Waals surface area (Å²) in [4.78, 5) is 13.6. The summed E-state index contributed by atoms with van der Waals surface area (Å²) >= 11 is 5.90. The summed E-state index contributed by atoms with van der Waals surface area (Å²) in [5.74, 6) is 0.0632. The Morgan fingerprint density at radius 1 is 1.35 bits per heavy atom. The quantitative estimate of drug-likeness (QED) is 0.906. The van der Waals surface area contributed by atoms with Crippen LogP contribution in [0.1, 0.15) is 31.7 Å². The van der Waals surface area contributed by atoms with Gasteiger partial charge >= 0.3 is 0 Å². The molecule has 1 atom stereocenters. The van der Waals surface area contributed by atoms with Crippen molar-refractivity contribution in [2.45, 2.75) is 38.6 Å². The molecule has 1 N–H and O–H groups in total. The summed E-state index contributed by atoms with van der Waals surface area (Å²) in [6.07, 6.45) is 4.74. The summed E-state index contributed by atoms with van der Waals surface area (Å²) in [6, 6.07) is 8.56. The Morgan fingerprint density at radius 3 is 2.80 bits per heavy atom. The van der Waals surface area contributed by atoms with Crippen molar-refractivity contribution in [3.63, 3.8) is 0 Å². The second-order valence-electron chi connectivity index (χ2n) is 5.50. The molecule has 1 fully saturated rings. The van der Waals surface area contributed by atoms with Crippen LogP contribution in [-0.4, -0.2) is 36.5 Å². The van der Waals surface area contributed by atoms with Crippen LogP contribution in [0.4, 0.5) is 0 Å². The average Bonchev–Trinajstić information content (AvgIpc) is 2.45. The second kappa shape index (κ2) is 7.65. The summed E-state index contributed by atoms with van der Waals surface area (Å²) in [5.41, 5.74) is 1.32. The third-order valence-corrected chi connectivity index (χ3v) is 4.19. The molecule has 0 aliphatic carbocycles. The molecule has 1 heterocycles. The van der Waals surface area contributed by atoms with E-state index in [0.29, 0.717) is 6.04 Å². The number of hydrogen-bond donors (Lipinski definition) is 1. The van der Waals surface area contributed by atoms with Gasteiger partial charge in [-0.2, -0.15) is 0 Å². The molecule has 4 heteroatoms. The Bertz CT molecular complexity index is 433. The van der Waals surface area contributed by atoms with Crippen LogP contribution in [0.3, 0.4) is 0 Å². The first-order chi connectivity index (χ1) is 9.65. The molecule has 1 aromatic carbocycles. The molecule has 0 bridgehead atoms. The fraction of sp³-hybridized carbons (Fsp3) is 0.562. The highest BCUT2D eigenvalue weighted by Crippen LogP contribution is 2.17. The third-order valence-electron chi connectivity index (χ3n) is 3.94. The number of nitrogens with one attached hydrogen (secondary N) is 1. The molecule has 1 saturated heterocycles. The van der Waals surface area contributed by atoms with E-state index in [9.17, 15) is 4.79 Å². The maximum Gasteiger partial charge on any atom is 0.216 e. The number of piperidine rings is 1. The molecular weight excluding hydrogens is 272 g/mol. The van der Waals surface area contributed by atoms with Gasteiger partial charge in [-0.05, 0) is 43.5 Å². The lowest BCUT2D eigenvalue weighted by atomic mass is 10.0. The van der Waals surface area contributed by atoms with Crippen molar-refractivity contribution in [2.24, 2.45) is 0 Å². The molecule has 1 aliphatic rings. The molecule has 0 radical (unpaired) electrons. The van der Waals surface area contributed by atoms with E-state index in [0.717, 1.165) is 31.1 Å². The second-order valence-corrected chi connectivity index (χ2v) is 5.94. The van der Waals surface area contributed by atoms with Gasteiger partial charge in [-0.1, -0.05) is 30.2 Å². The molecule has 0 spiro atoms. The molecular formula is C16H23ClN2O. The zero-order valence-corrected chi connectivity index (χ0v) is 12.8. The molecule has 2 rings (SSSR count). The van der Waals surface area contributed by atoms with Crippen LogP contribution in [0.25, 0.3) is 0 Å². The number of hydrogen-bond acceptors (Lipinski definition) is 2. The van der Waals surface area contributed by atoms with Crippen LogP contribution >= 0.6 is 11.6 Å². The van der Waals surface area contributed by atoms with Crippen molar-refractivity contribution in [3.05, 3.63) is 34.9 Å². The zero-order valence-electron chi connectivity index (χ0n) is 12.1. The molecule has 0 aromatic heterocycles. The van der Waals surface area contributed by atoms with Gasteiger partial charge in [-0.15, -0.1) is 0 Å². The van der Waals surface area contributed by atoms with E-state index in [1.807, 2.05) is 12.1 Å².